The number of methoxy groups -OCH3 is 2. The molecule has 0 unspecified atom stereocenters. The largest absolute Gasteiger partial charge is 0.493 e. The van der Waals surface area contributed by atoms with Gasteiger partial charge in [0.1, 0.15) is 11.9 Å². The highest BCUT2D eigenvalue weighted by atomic mass is 19.1. The van der Waals surface area contributed by atoms with Crippen molar-refractivity contribution in [2.24, 2.45) is 0 Å². The topological polar surface area (TPSA) is 119 Å². The number of furan rings is 1. The molecular formula is C28H30FN3O7. The fourth-order valence-electron chi connectivity index (χ4n) is 4.33. The van der Waals surface area contributed by atoms with Crippen molar-refractivity contribution in [3.63, 3.8) is 0 Å². The lowest BCUT2D eigenvalue weighted by Gasteiger charge is -2.32. The maximum absolute atomic E-state index is 13.8. The summed E-state index contributed by atoms with van der Waals surface area (Å²) in [6, 6.07) is 11.8. The summed E-state index contributed by atoms with van der Waals surface area (Å²) in [6.45, 7) is 0.415. The summed E-state index contributed by atoms with van der Waals surface area (Å²) in [6.07, 6.45) is 2.91. The van der Waals surface area contributed by atoms with E-state index in [0.29, 0.717) is 23.7 Å². The molecule has 1 aliphatic heterocycles. The monoisotopic (exact) mass is 539 g/mol. The number of carbonyl (C=O) groups is 3. The van der Waals surface area contributed by atoms with E-state index in [1.807, 2.05) is 0 Å². The Morgan fingerprint density at radius 3 is 2.46 bits per heavy atom. The zero-order chi connectivity index (χ0) is 27.8. The van der Waals surface area contributed by atoms with Crippen molar-refractivity contribution in [3.8, 4) is 11.5 Å². The smallest absolute Gasteiger partial charge is 0.287 e. The van der Waals surface area contributed by atoms with E-state index >= 15 is 0 Å². The lowest BCUT2D eigenvalue weighted by Crippen LogP contribution is -2.48. The molecule has 1 aliphatic rings. The van der Waals surface area contributed by atoms with Gasteiger partial charge in [-0.1, -0.05) is 6.07 Å². The summed E-state index contributed by atoms with van der Waals surface area (Å²) < 4.78 is 35.3. The Bertz CT molecular complexity index is 1270. The van der Waals surface area contributed by atoms with Crippen molar-refractivity contribution >= 4 is 23.4 Å². The van der Waals surface area contributed by atoms with Crippen LogP contribution in [0.1, 0.15) is 35.0 Å². The minimum Gasteiger partial charge on any atom is -0.493 e. The van der Waals surface area contributed by atoms with Crippen molar-refractivity contribution in [1.82, 2.24) is 10.6 Å². The molecule has 2 aromatic carbocycles. The van der Waals surface area contributed by atoms with Crippen LogP contribution in [0.4, 0.5) is 10.1 Å². The van der Waals surface area contributed by atoms with Crippen LogP contribution in [0.3, 0.4) is 0 Å². The summed E-state index contributed by atoms with van der Waals surface area (Å²) in [5.41, 5.74) is 0.660. The first kappa shape index (κ1) is 27.6. The standard InChI is InChI=1S/C28H30FN3O7/c1-36-22-12-7-18(15-24(22)37-2)26(28(35)30-16-21-5-3-13-38-21)32(20-10-8-19(29)9-11-20)25(33)17-31-27(34)23-6-4-14-39-23/h4,6-12,14-15,21,26H,3,5,13,16-17H2,1-2H3,(H,30,35)(H,31,34)/t21-,26+/m0/s1. The highest BCUT2D eigenvalue weighted by Gasteiger charge is 2.34. The SMILES string of the molecule is COc1ccc([C@H](C(=O)NC[C@@H]2CCCO2)N(C(=O)CNC(=O)c2ccco2)c2ccc(F)cc2)cc1OC. The number of benzene rings is 2. The third-order valence-corrected chi connectivity index (χ3v) is 6.28. The molecule has 1 aromatic heterocycles. The van der Waals surface area contributed by atoms with Crippen LogP contribution in [0, 0.1) is 5.82 Å². The van der Waals surface area contributed by atoms with Gasteiger partial charge in [-0.25, -0.2) is 4.39 Å². The van der Waals surface area contributed by atoms with Crippen molar-refractivity contribution in [3.05, 3.63) is 78.0 Å². The molecule has 0 aliphatic carbocycles. The Kier molecular flexibility index (Phi) is 9.16. The van der Waals surface area contributed by atoms with Crippen LogP contribution in [0.2, 0.25) is 0 Å². The summed E-state index contributed by atoms with van der Waals surface area (Å²) in [7, 11) is 2.95. The molecule has 2 N–H and O–H groups in total. The lowest BCUT2D eigenvalue weighted by atomic mass is 10.0. The summed E-state index contributed by atoms with van der Waals surface area (Å²) in [5, 5.41) is 5.40. The molecule has 4 rings (SSSR count). The van der Waals surface area contributed by atoms with Gasteiger partial charge in [0.2, 0.25) is 11.8 Å². The molecule has 206 valence electrons. The summed E-state index contributed by atoms with van der Waals surface area (Å²) >= 11 is 0. The number of hydrogen-bond donors (Lipinski definition) is 2. The second kappa shape index (κ2) is 12.9. The van der Waals surface area contributed by atoms with Crippen LogP contribution < -0.4 is 25.0 Å². The van der Waals surface area contributed by atoms with Gasteiger partial charge < -0.3 is 29.3 Å². The Balaban J connectivity index is 1.70. The van der Waals surface area contributed by atoms with E-state index in [0.717, 1.165) is 12.8 Å². The predicted octanol–water partition coefficient (Wildman–Crippen LogP) is 3.24. The molecule has 2 heterocycles. The summed E-state index contributed by atoms with van der Waals surface area (Å²) in [4.78, 5) is 41.1. The minimum absolute atomic E-state index is 0.0295. The van der Waals surface area contributed by atoms with E-state index in [1.54, 1.807) is 24.3 Å². The van der Waals surface area contributed by atoms with E-state index in [1.165, 1.54) is 55.7 Å². The van der Waals surface area contributed by atoms with Gasteiger partial charge in [-0.2, -0.15) is 0 Å². The van der Waals surface area contributed by atoms with Gasteiger partial charge in [0, 0.05) is 18.8 Å². The first-order valence-corrected chi connectivity index (χ1v) is 12.4. The van der Waals surface area contributed by atoms with Gasteiger partial charge in [0.15, 0.2) is 17.3 Å². The normalized spacial score (nSPS) is 15.3. The average molecular weight is 540 g/mol. The maximum atomic E-state index is 13.8. The van der Waals surface area contributed by atoms with Crippen molar-refractivity contribution in [2.75, 3.05) is 38.8 Å². The van der Waals surface area contributed by atoms with Crippen LogP contribution in [0.15, 0.2) is 65.3 Å². The van der Waals surface area contributed by atoms with Crippen LogP contribution in [-0.4, -0.2) is 57.7 Å². The first-order valence-electron chi connectivity index (χ1n) is 12.4. The number of ether oxygens (including phenoxy) is 3. The third kappa shape index (κ3) is 6.74. The maximum Gasteiger partial charge on any atom is 0.287 e. The Morgan fingerprint density at radius 1 is 1.05 bits per heavy atom. The minimum atomic E-state index is -1.20. The zero-order valence-electron chi connectivity index (χ0n) is 21.6. The molecule has 11 heteroatoms. The van der Waals surface area contributed by atoms with Gasteiger partial charge in [-0.3, -0.25) is 19.3 Å². The molecule has 0 spiro atoms. The van der Waals surface area contributed by atoms with Crippen LogP contribution in [0.5, 0.6) is 11.5 Å². The van der Waals surface area contributed by atoms with Gasteiger partial charge >= 0.3 is 0 Å². The Hall–Kier alpha value is -4.38. The number of nitrogens with one attached hydrogen (secondary N) is 2. The van der Waals surface area contributed by atoms with Gasteiger partial charge in [-0.15, -0.1) is 0 Å². The highest BCUT2D eigenvalue weighted by Crippen LogP contribution is 2.34. The number of rotatable bonds is 11. The van der Waals surface area contributed by atoms with Crippen molar-refractivity contribution in [1.29, 1.82) is 0 Å². The highest BCUT2D eigenvalue weighted by molar-refractivity contribution is 6.04. The van der Waals surface area contributed by atoms with E-state index in [-0.39, 0.29) is 24.1 Å². The molecule has 2 atom stereocenters. The number of halogens is 1. The molecule has 0 saturated carbocycles. The fourth-order valence-corrected chi connectivity index (χ4v) is 4.33. The zero-order valence-corrected chi connectivity index (χ0v) is 21.6. The second-order valence-corrected chi connectivity index (χ2v) is 8.80. The van der Waals surface area contributed by atoms with Crippen LogP contribution in [-0.2, 0) is 14.3 Å². The van der Waals surface area contributed by atoms with E-state index in [4.69, 9.17) is 18.6 Å². The molecule has 1 fully saturated rings. The third-order valence-electron chi connectivity index (χ3n) is 6.28. The Labute approximate surface area is 225 Å². The van der Waals surface area contributed by atoms with Gasteiger partial charge in [-0.05, 0) is 66.9 Å². The lowest BCUT2D eigenvalue weighted by molar-refractivity contribution is -0.126. The van der Waals surface area contributed by atoms with Crippen molar-refractivity contribution < 1.29 is 37.4 Å². The average Bonchev–Trinajstić information content (AvgIpc) is 3.68. The molecule has 3 aromatic rings. The number of carbonyl (C=O) groups excluding carboxylic acids is 3. The van der Waals surface area contributed by atoms with Gasteiger partial charge in [0.25, 0.3) is 5.91 Å². The molecule has 0 radical (unpaired) electrons. The van der Waals surface area contributed by atoms with Gasteiger partial charge in [0.05, 0.1) is 33.1 Å². The Morgan fingerprint density at radius 2 is 1.82 bits per heavy atom. The van der Waals surface area contributed by atoms with E-state index in [2.05, 4.69) is 10.6 Å². The summed E-state index contributed by atoms with van der Waals surface area (Å²) in [5.74, 6) is -1.40. The quantitative estimate of drug-likeness (QED) is 0.384. The van der Waals surface area contributed by atoms with E-state index < -0.39 is 36.1 Å². The van der Waals surface area contributed by atoms with Crippen LogP contribution >= 0.6 is 0 Å². The molecule has 3 amide bonds. The van der Waals surface area contributed by atoms with Crippen molar-refractivity contribution in [2.45, 2.75) is 25.0 Å². The number of anilines is 1. The number of hydrogen-bond acceptors (Lipinski definition) is 7. The second-order valence-electron chi connectivity index (χ2n) is 8.80. The predicted molar refractivity (Wildman–Crippen MR) is 139 cm³/mol. The molecule has 39 heavy (non-hydrogen) atoms. The van der Waals surface area contributed by atoms with Crippen LogP contribution in [0.25, 0.3) is 0 Å². The molecular weight excluding hydrogens is 509 g/mol. The van der Waals surface area contributed by atoms with E-state index in [9.17, 15) is 18.8 Å². The molecule has 10 nitrogen and oxygen atoms in total. The number of amides is 3. The fraction of sp³-hybridized carbons (Fsp3) is 0.321. The number of nitrogens with zero attached hydrogens (tertiary/aromatic N) is 1. The first-order chi connectivity index (χ1) is 18.9. The molecule has 1 saturated heterocycles. The molecule has 0 bridgehead atoms.